The fourth-order valence-corrected chi connectivity index (χ4v) is 5.78. The van der Waals surface area contributed by atoms with E-state index in [9.17, 15) is 13.2 Å². The summed E-state index contributed by atoms with van der Waals surface area (Å²) in [6.07, 6.45) is 8.46. The van der Waals surface area contributed by atoms with Gasteiger partial charge >= 0.3 is 0 Å². The number of nitrogens with zero attached hydrogens (tertiary/aromatic N) is 1. The minimum absolute atomic E-state index is 0.0365. The van der Waals surface area contributed by atoms with Gasteiger partial charge in [-0.25, -0.2) is 8.42 Å². The van der Waals surface area contributed by atoms with E-state index in [-0.39, 0.29) is 11.8 Å². The molecule has 2 aliphatic rings. The molecule has 1 aliphatic carbocycles. The van der Waals surface area contributed by atoms with Crippen LogP contribution in [0.1, 0.15) is 63.0 Å². The van der Waals surface area contributed by atoms with Crippen molar-refractivity contribution in [3.8, 4) is 0 Å². The van der Waals surface area contributed by atoms with Crippen LogP contribution in [0.25, 0.3) is 0 Å². The minimum Gasteiger partial charge on any atom is -0.381 e. The van der Waals surface area contributed by atoms with Crippen molar-refractivity contribution in [1.82, 2.24) is 9.62 Å². The van der Waals surface area contributed by atoms with E-state index in [2.05, 4.69) is 12.2 Å². The second-order valence-electron chi connectivity index (χ2n) is 8.43. The lowest BCUT2D eigenvalue weighted by atomic mass is 9.92. The van der Waals surface area contributed by atoms with Crippen molar-refractivity contribution >= 4 is 15.9 Å². The first-order chi connectivity index (χ1) is 14.5. The highest BCUT2D eigenvalue weighted by Gasteiger charge is 2.32. The molecule has 1 aromatic rings. The number of carbonyl (C=O) groups excluding carboxylic acids is 1. The Balaban J connectivity index is 1.45. The Bertz CT molecular complexity index is 801. The van der Waals surface area contributed by atoms with Gasteiger partial charge in [0.25, 0.3) is 0 Å². The molecule has 1 saturated heterocycles. The predicted molar refractivity (Wildman–Crippen MR) is 118 cm³/mol. The highest BCUT2D eigenvalue weighted by Crippen LogP contribution is 2.28. The van der Waals surface area contributed by atoms with Crippen molar-refractivity contribution in [3.05, 3.63) is 29.3 Å². The molecule has 3 rings (SSSR count). The molecule has 0 bridgehead atoms. The maximum Gasteiger partial charge on any atom is 0.243 e. The number of sulfonamides is 1. The Morgan fingerprint density at radius 1 is 1.10 bits per heavy atom. The third-order valence-corrected chi connectivity index (χ3v) is 8.08. The molecule has 1 fully saturated rings. The third kappa shape index (κ3) is 6.05. The molecule has 0 radical (unpaired) electrons. The minimum atomic E-state index is -3.49. The van der Waals surface area contributed by atoms with Crippen molar-refractivity contribution in [2.24, 2.45) is 5.92 Å². The second-order valence-corrected chi connectivity index (χ2v) is 10.4. The number of aryl methyl sites for hydroxylation is 2. The Morgan fingerprint density at radius 3 is 2.53 bits per heavy atom. The van der Waals surface area contributed by atoms with Crippen LogP contribution in [0.3, 0.4) is 0 Å². The van der Waals surface area contributed by atoms with Crippen LogP contribution in [-0.4, -0.2) is 51.5 Å². The Kier molecular flexibility index (Phi) is 8.72. The number of hydrogen-bond donors (Lipinski definition) is 1. The first-order valence-corrected chi connectivity index (χ1v) is 12.9. The summed E-state index contributed by atoms with van der Waals surface area (Å²) in [5.41, 5.74) is 2.46. The summed E-state index contributed by atoms with van der Waals surface area (Å²) in [6, 6.07) is 5.60. The van der Waals surface area contributed by atoms with Crippen molar-refractivity contribution in [2.45, 2.75) is 69.6 Å². The van der Waals surface area contributed by atoms with E-state index in [1.165, 1.54) is 17.5 Å². The van der Waals surface area contributed by atoms with Gasteiger partial charge in [0.15, 0.2) is 0 Å². The number of nitrogens with one attached hydrogen (secondary N) is 1. The van der Waals surface area contributed by atoms with Crippen LogP contribution in [0, 0.1) is 5.92 Å². The lowest BCUT2D eigenvalue weighted by Crippen LogP contribution is -2.43. The summed E-state index contributed by atoms with van der Waals surface area (Å²) in [4.78, 5) is 12.8. The Morgan fingerprint density at radius 2 is 1.80 bits per heavy atom. The van der Waals surface area contributed by atoms with Crippen molar-refractivity contribution in [2.75, 3.05) is 32.8 Å². The summed E-state index contributed by atoms with van der Waals surface area (Å²) in [7, 11) is -3.49. The van der Waals surface area contributed by atoms with E-state index in [0.29, 0.717) is 44.0 Å². The quantitative estimate of drug-likeness (QED) is 0.571. The average Bonchev–Trinajstić information content (AvgIpc) is 2.78. The molecule has 7 heteroatoms. The zero-order valence-corrected chi connectivity index (χ0v) is 19.0. The molecule has 1 N–H and O–H groups in total. The van der Waals surface area contributed by atoms with Gasteiger partial charge in [-0.2, -0.15) is 4.31 Å². The van der Waals surface area contributed by atoms with Crippen LogP contribution in [-0.2, 0) is 32.4 Å². The zero-order valence-electron chi connectivity index (χ0n) is 18.2. The molecule has 0 aromatic heterocycles. The maximum absolute atomic E-state index is 13.1. The first kappa shape index (κ1) is 23.2. The van der Waals surface area contributed by atoms with Crippen LogP contribution < -0.4 is 5.32 Å². The molecule has 0 saturated carbocycles. The zero-order chi connectivity index (χ0) is 21.4. The summed E-state index contributed by atoms with van der Waals surface area (Å²) in [5, 5.41) is 2.98. The van der Waals surface area contributed by atoms with Crippen LogP contribution >= 0.6 is 0 Å². The normalized spacial score (nSPS) is 18.2. The average molecular weight is 437 g/mol. The van der Waals surface area contributed by atoms with Crippen LogP contribution in [0.4, 0.5) is 0 Å². The smallest absolute Gasteiger partial charge is 0.243 e. The predicted octanol–water partition coefficient (Wildman–Crippen LogP) is 3.29. The summed E-state index contributed by atoms with van der Waals surface area (Å²) >= 11 is 0. The lowest BCUT2D eigenvalue weighted by Gasteiger charge is -2.31. The maximum atomic E-state index is 13.1. The SMILES string of the molecule is CCCCOCCCNC(=O)C1CCN(S(=O)(=O)c2ccc3c(c2)CCCC3)CC1. The van der Waals surface area contributed by atoms with Gasteiger partial charge in [0.2, 0.25) is 15.9 Å². The molecule has 0 spiro atoms. The Hall–Kier alpha value is -1.44. The van der Waals surface area contributed by atoms with Gasteiger partial charge in [0.05, 0.1) is 4.90 Å². The molecular weight excluding hydrogens is 400 g/mol. The number of hydrogen-bond acceptors (Lipinski definition) is 4. The van der Waals surface area contributed by atoms with Gasteiger partial charge in [-0.3, -0.25) is 4.79 Å². The highest BCUT2D eigenvalue weighted by molar-refractivity contribution is 7.89. The second kappa shape index (κ2) is 11.3. The van der Waals surface area contributed by atoms with E-state index in [1.54, 1.807) is 10.4 Å². The molecule has 168 valence electrons. The lowest BCUT2D eigenvalue weighted by molar-refractivity contribution is -0.126. The van der Waals surface area contributed by atoms with E-state index >= 15 is 0 Å². The standard InChI is InChI=1S/C23H36N2O4S/c1-2-3-16-29-17-6-13-24-23(26)20-11-14-25(15-12-20)30(27,28)22-10-9-19-7-4-5-8-21(19)18-22/h9-10,18,20H,2-8,11-17H2,1H3,(H,24,26). The molecule has 1 aromatic carbocycles. The number of amides is 1. The van der Waals surface area contributed by atoms with Gasteiger partial charge in [-0.05, 0) is 74.6 Å². The molecular formula is C23H36N2O4S. The number of unbranched alkanes of at least 4 members (excludes halogenated alkanes) is 1. The summed E-state index contributed by atoms with van der Waals surface area (Å²) in [6.45, 7) is 4.99. The van der Waals surface area contributed by atoms with Gasteiger partial charge in [0.1, 0.15) is 0 Å². The van der Waals surface area contributed by atoms with E-state index < -0.39 is 10.0 Å². The highest BCUT2D eigenvalue weighted by atomic mass is 32.2. The molecule has 1 heterocycles. The number of carbonyl (C=O) groups is 1. The fraction of sp³-hybridized carbons (Fsp3) is 0.696. The van der Waals surface area contributed by atoms with Crippen molar-refractivity contribution in [3.63, 3.8) is 0 Å². The third-order valence-electron chi connectivity index (χ3n) is 6.19. The van der Waals surface area contributed by atoms with Crippen molar-refractivity contribution in [1.29, 1.82) is 0 Å². The molecule has 1 amide bonds. The molecule has 30 heavy (non-hydrogen) atoms. The number of benzene rings is 1. The summed E-state index contributed by atoms with van der Waals surface area (Å²) in [5.74, 6) is -0.0737. The summed E-state index contributed by atoms with van der Waals surface area (Å²) < 4.78 is 33.2. The fourth-order valence-electron chi connectivity index (χ4n) is 4.26. The van der Waals surface area contributed by atoms with Gasteiger partial charge in [0, 0.05) is 38.8 Å². The number of piperidine rings is 1. The Labute approximate surface area is 181 Å². The number of fused-ring (bicyclic) bond motifs is 1. The van der Waals surface area contributed by atoms with E-state index in [4.69, 9.17) is 4.74 Å². The molecule has 0 unspecified atom stereocenters. The first-order valence-electron chi connectivity index (χ1n) is 11.5. The van der Waals surface area contributed by atoms with Crippen molar-refractivity contribution < 1.29 is 17.9 Å². The van der Waals surface area contributed by atoms with Gasteiger partial charge in [-0.15, -0.1) is 0 Å². The number of ether oxygens (including phenoxy) is 1. The topological polar surface area (TPSA) is 75.7 Å². The molecule has 6 nitrogen and oxygen atoms in total. The molecule has 0 atom stereocenters. The van der Waals surface area contributed by atoms with Crippen LogP contribution in [0.5, 0.6) is 0 Å². The largest absolute Gasteiger partial charge is 0.381 e. The monoisotopic (exact) mass is 436 g/mol. The van der Waals surface area contributed by atoms with E-state index in [1.807, 2.05) is 12.1 Å². The van der Waals surface area contributed by atoms with Crippen LogP contribution in [0.15, 0.2) is 23.1 Å². The van der Waals surface area contributed by atoms with E-state index in [0.717, 1.165) is 45.1 Å². The molecule has 1 aliphatic heterocycles. The number of rotatable bonds is 10. The van der Waals surface area contributed by atoms with Gasteiger partial charge in [-0.1, -0.05) is 19.4 Å². The van der Waals surface area contributed by atoms with Gasteiger partial charge < -0.3 is 10.1 Å². The van der Waals surface area contributed by atoms with Crippen LogP contribution in [0.2, 0.25) is 0 Å².